The number of likely N-dealkylation sites (tertiary alicyclic amines) is 1. The molecule has 8 heteroatoms. The lowest BCUT2D eigenvalue weighted by atomic mass is 9.95. The Bertz CT molecular complexity index is 1010. The largest absolute Gasteiger partial charge is 0.338 e. The van der Waals surface area contributed by atoms with E-state index in [1.165, 1.54) is 0 Å². The highest BCUT2D eigenvalue weighted by Gasteiger charge is 2.25. The van der Waals surface area contributed by atoms with Gasteiger partial charge in [0.1, 0.15) is 5.82 Å². The SMILES string of the molecule is Cc1ccc(Nc2nc(C3CCCN(C(=O)/C=C/c4csc(C)n4)C3)cs2)nc1. The molecule has 1 amide bonds. The van der Waals surface area contributed by atoms with Gasteiger partial charge in [-0.1, -0.05) is 6.07 Å². The van der Waals surface area contributed by atoms with Gasteiger partial charge in [0.15, 0.2) is 5.13 Å². The third-order valence-corrected chi connectivity index (χ3v) is 6.42. The standard InChI is InChI=1S/C21H23N5OS2/c1-14-5-7-19(22-10-14)25-21-24-18(13-29-21)16-4-3-9-26(11-16)20(27)8-6-17-12-28-15(2)23-17/h5-8,10,12-13,16H,3-4,9,11H2,1-2H3,(H,22,24,25)/b8-6+. The number of amides is 1. The first-order valence-corrected chi connectivity index (χ1v) is 11.4. The molecule has 1 atom stereocenters. The number of hydrogen-bond acceptors (Lipinski definition) is 7. The average Bonchev–Trinajstić information content (AvgIpc) is 3.37. The maximum atomic E-state index is 12.6. The Kier molecular flexibility index (Phi) is 6.01. The van der Waals surface area contributed by atoms with E-state index in [0.29, 0.717) is 6.54 Å². The number of hydrogen-bond donors (Lipinski definition) is 1. The lowest BCUT2D eigenvalue weighted by Crippen LogP contribution is -2.38. The van der Waals surface area contributed by atoms with Crippen LogP contribution in [0.4, 0.5) is 10.9 Å². The summed E-state index contributed by atoms with van der Waals surface area (Å²) in [4.78, 5) is 28.0. The molecule has 6 nitrogen and oxygen atoms in total. The van der Waals surface area contributed by atoms with Crippen molar-refractivity contribution in [3.63, 3.8) is 0 Å². The van der Waals surface area contributed by atoms with Gasteiger partial charge in [0.05, 0.1) is 16.4 Å². The second kappa shape index (κ2) is 8.84. The van der Waals surface area contributed by atoms with E-state index in [-0.39, 0.29) is 11.8 Å². The topological polar surface area (TPSA) is 71.0 Å². The molecule has 1 aliphatic rings. The van der Waals surface area contributed by atoms with Gasteiger partial charge < -0.3 is 10.2 Å². The minimum atomic E-state index is 0.0396. The smallest absolute Gasteiger partial charge is 0.246 e. The zero-order chi connectivity index (χ0) is 20.2. The highest BCUT2D eigenvalue weighted by Crippen LogP contribution is 2.30. The molecular formula is C21H23N5OS2. The number of pyridine rings is 1. The Morgan fingerprint density at radius 1 is 1.24 bits per heavy atom. The molecule has 0 aromatic carbocycles. The molecule has 150 valence electrons. The Morgan fingerprint density at radius 2 is 2.14 bits per heavy atom. The van der Waals surface area contributed by atoms with Crippen LogP contribution < -0.4 is 5.32 Å². The number of anilines is 2. The van der Waals surface area contributed by atoms with Crippen molar-refractivity contribution in [2.45, 2.75) is 32.6 Å². The Hall–Kier alpha value is -2.58. The van der Waals surface area contributed by atoms with Gasteiger partial charge in [0.25, 0.3) is 0 Å². The molecule has 0 bridgehead atoms. The third kappa shape index (κ3) is 5.07. The molecule has 4 rings (SSSR count). The highest BCUT2D eigenvalue weighted by atomic mass is 32.1. The van der Waals surface area contributed by atoms with Crippen LogP contribution in [-0.4, -0.2) is 38.8 Å². The maximum absolute atomic E-state index is 12.6. The summed E-state index contributed by atoms with van der Waals surface area (Å²) in [7, 11) is 0. The minimum absolute atomic E-state index is 0.0396. The first-order chi connectivity index (χ1) is 14.1. The van der Waals surface area contributed by atoms with Gasteiger partial charge in [0, 0.05) is 42.0 Å². The average molecular weight is 426 g/mol. The van der Waals surface area contributed by atoms with Crippen molar-refractivity contribution < 1.29 is 4.79 Å². The molecule has 29 heavy (non-hydrogen) atoms. The normalized spacial score (nSPS) is 17.0. The number of thiazole rings is 2. The predicted molar refractivity (Wildman–Crippen MR) is 119 cm³/mol. The van der Waals surface area contributed by atoms with Crippen molar-refractivity contribution in [3.8, 4) is 0 Å². The van der Waals surface area contributed by atoms with Crippen molar-refractivity contribution in [2.24, 2.45) is 0 Å². The summed E-state index contributed by atoms with van der Waals surface area (Å²) in [6.45, 7) is 5.47. The minimum Gasteiger partial charge on any atom is -0.338 e. The van der Waals surface area contributed by atoms with Gasteiger partial charge >= 0.3 is 0 Å². The van der Waals surface area contributed by atoms with E-state index in [1.54, 1.807) is 34.8 Å². The quantitative estimate of drug-likeness (QED) is 0.596. The molecule has 0 spiro atoms. The van der Waals surface area contributed by atoms with Gasteiger partial charge in [-0.2, -0.15) is 0 Å². The fourth-order valence-corrected chi connectivity index (χ4v) is 4.70. The number of carbonyl (C=O) groups is 1. The fraction of sp³-hybridized carbons (Fsp3) is 0.333. The fourth-order valence-electron chi connectivity index (χ4n) is 3.32. The van der Waals surface area contributed by atoms with Gasteiger partial charge in [0.2, 0.25) is 5.91 Å². The summed E-state index contributed by atoms with van der Waals surface area (Å²) in [5.74, 6) is 1.09. The van der Waals surface area contributed by atoms with Crippen molar-refractivity contribution in [1.82, 2.24) is 19.9 Å². The second-order valence-corrected chi connectivity index (χ2v) is 9.09. The van der Waals surface area contributed by atoms with E-state index < -0.39 is 0 Å². The molecule has 1 fully saturated rings. The summed E-state index contributed by atoms with van der Waals surface area (Å²) in [5, 5.41) is 9.15. The van der Waals surface area contributed by atoms with Crippen LogP contribution in [0.15, 0.2) is 35.2 Å². The number of aromatic nitrogens is 3. The maximum Gasteiger partial charge on any atom is 0.246 e. The summed E-state index contributed by atoms with van der Waals surface area (Å²) in [5.41, 5.74) is 3.01. The van der Waals surface area contributed by atoms with Crippen molar-refractivity contribution in [1.29, 1.82) is 0 Å². The molecule has 1 saturated heterocycles. The molecule has 3 aromatic heterocycles. The monoisotopic (exact) mass is 425 g/mol. The van der Waals surface area contributed by atoms with Crippen LogP contribution in [0.1, 0.15) is 40.7 Å². The first-order valence-electron chi connectivity index (χ1n) is 9.61. The van der Waals surface area contributed by atoms with Gasteiger partial charge in [-0.05, 0) is 44.4 Å². The molecule has 3 aromatic rings. The van der Waals surface area contributed by atoms with Crippen LogP contribution in [0.2, 0.25) is 0 Å². The number of nitrogens with zero attached hydrogens (tertiary/aromatic N) is 4. The molecule has 1 unspecified atom stereocenters. The van der Waals surface area contributed by atoms with Crippen molar-refractivity contribution >= 4 is 45.6 Å². The first kappa shape index (κ1) is 19.7. The van der Waals surface area contributed by atoms with Crippen LogP contribution in [0, 0.1) is 13.8 Å². The van der Waals surface area contributed by atoms with Gasteiger partial charge in [-0.25, -0.2) is 15.0 Å². The Balaban J connectivity index is 1.38. The number of aryl methyl sites for hydroxylation is 2. The Morgan fingerprint density at radius 3 is 2.90 bits per heavy atom. The lowest BCUT2D eigenvalue weighted by Gasteiger charge is -2.31. The van der Waals surface area contributed by atoms with E-state index in [1.807, 2.05) is 42.5 Å². The van der Waals surface area contributed by atoms with E-state index >= 15 is 0 Å². The molecule has 1 N–H and O–H groups in total. The molecule has 1 aliphatic heterocycles. The van der Waals surface area contributed by atoms with Crippen molar-refractivity contribution in [2.75, 3.05) is 18.4 Å². The Labute approximate surface area is 178 Å². The van der Waals surface area contributed by atoms with Crippen LogP contribution in [-0.2, 0) is 4.79 Å². The summed E-state index contributed by atoms with van der Waals surface area (Å²) >= 11 is 3.16. The number of carbonyl (C=O) groups excluding carboxylic acids is 1. The van der Waals surface area contributed by atoms with E-state index in [4.69, 9.17) is 4.98 Å². The molecule has 0 saturated carbocycles. The zero-order valence-electron chi connectivity index (χ0n) is 16.5. The van der Waals surface area contributed by atoms with Gasteiger partial charge in [-0.15, -0.1) is 22.7 Å². The number of nitrogens with one attached hydrogen (secondary N) is 1. The van der Waals surface area contributed by atoms with Gasteiger partial charge in [-0.3, -0.25) is 4.79 Å². The van der Waals surface area contributed by atoms with Crippen LogP contribution in [0.5, 0.6) is 0 Å². The van der Waals surface area contributed by atoms with Crippen molar-refractivity contribution in [3.05, 3.63) is 57.1 Å². The van der Waals surface area contributed by atoms with Crippen LogP contribution in [0.25, 0.3) is 6.08 Å². The summed E-state index contributed by atoms with van der Waals surface area (Å²) < 4.78 is 0. The molecule has 4 heterocycles. The molecule has 0 radical (unpaired) electrons. The predicted octanol–water partition coefficient (Wildman–Crippen LogP) is 4.77. The van der Waals surface area contributed by atoms with E-state index in [2.05, 4.69) is 20.7 Å². The number of rotatable bonds is 5. The van der Waals surface area contributed by atoms with Crippen LogP contribution in [0.3, 0.4) is 0 Å². The highest BCUT2D eigenvalue weighted by molar-refractivity contribution is 7.13. The zero-order valence-corrected chi connectivity index (χ0v) is 18.1. The van der Waals surface area contributed by atoms with E-state index in [0.717, 1.165) is 52.3 Å². The lowest BCUT2D eigenvalue weighted by molar-refractivity contribution is -0.127. The van der Waals surface area contributed by atoms with Crippen LogP contribution >= 0.6 is 22.7 Å². The second-order valence-electron chi connectivity index (χ2n) is 7.17. The van der Waals surface area contributed by atoms with E-state index in [9.17, 15) is 4.79 Å². The summed E-state index contributed by atoms with van der Waals surface area (Å²) in [6, 6.07) is 3.97. The number of piperidine rings is 1. The third-order valence-electron chi connectivity index (χ3n) is 4.85. The molecular weight excluding hydrogens is 402 g/mol. The molecule has 0 aliphatic carbocycles. The summed E-state index contributed by atoms with van der Waals surface area (Å²) in [6.07, 6.45) is 7.30.